The molecule has 0 radical (unpaired) electrons. The monoisotopic (exact) mass is 323 g/mol. The fraction of sp³-hybridized carbons (Fsp3) is 0.727. The Labute approximate surface area is 117 Å². The van der Waals surface area contributed by atoms with Crippen LogP contribution in [0.15, 0.2) is 11.8 Å². The van der Waals surface area contributed by atoms with Gasteiger partial charge in [-0.15, -0.1) is 0 Å². The Morgan fingerprint density at radius 1 is 1.00 bits per heavy atom. The summed E-state index contributed by atoms with van der Waals surface area (Å²) in [6.07, 6.45) is -11.0. The average Bonchev–Trinajstić information content (AvgIpc) is 2.33. The standard InChI is InChI=1S/C11H15F6NO3/c1-2-20-5-6-21-4-3-18-8(10(12,13)14)7-9(19)11(15,16)17/h7,18H,2-6H2,1H3. The number of ether oxygens (including phenoxy) is 2. The Morgan fingerprint density at radius 3 is 2.05 bits per heavy atom. The molecule has 0 rings (SSSR count). The minimum atomic E-state index is -5.35. The summed E-state index contributed by atoms with van der Waals surface area (Å²) in [5.74, 6) is -2.58. The third kappa shape index (κ3) is 9.29. The molecule has 0 spiro atoms. The summed E-state index contributed by atoms with van der Waals surface area (Å²) in [4.78, 5) is 10.5. The Hall–Kier alpha value is -1.29. The summed E-state index contributed by atoms with van der Waals surface area (Å²) >= 11 is 0. The van der Waals surface area contributed by atoms with Crippen LogP contribution < -0.4 is 5.32 Å². The highest BCUT2D eigenvalue weighted by Crippen LogP contribution is 2.25. The van der Waals surface area contributed by atoms with Crippen molar-refractivity contribution in [3.05, 3.63) is 11.8 Å². The Balaban J connectivity index is 4.35. The molecule has 0 aromatic carbocycles. The zero-order valence-electron chi connectivity index (χ0n) is 11.1. The van der Waals surface area contributed by atoms with Crippen LogP contribution >= 0.6 is 0 Å². The second-order valence-corrected chi connectivity index (χ2v) is 3.65. The molecule has 0 aliphatic rings. The van der Waals surface area contributed by atoms with Crippen molar-refractivity contribution in [2.45, 2.75) is 19.3 Å². The molecule has 0 saturated heterocycles. The van der Waals surface area contributed by atoms with Crippen LogP contribution in [0.25, 0.3) is 0 Å². The lowest BCUT2D eigenvalue weighted by molar-refractivity contribution is -0.166. The fourth-order valence-electron chi connectivity index (χ4n) is 1.07. The number of hydrogen-bond donors (Lipinski definition) is 1. The second kappa shape index (κ2) is 8.88. The first-order valence-corrected chi connectivity index (χ1v) is 5.88. The van der Waals surface area contributed by atoms with Crippen molar-refractivity contribution in [2.24, 2.45) is 0 Å². The van der Waals surface area contributed by atoms with Crippen molar-refractivity contribution >= 4 is 5.78 Å². The van der Waals surface area contributed by atoms with E-state index in [1.165, 1.54) is 0 Å². The lowest BCUT2D eigenvalue weighted by Gasteiger charge is -2.14. The number of halogens is 6. The number of ketones is 1. The third-order valence-electron chi connectivity index (χ3n) is 2.00. The quantitative estimate of drug-likeness (QED) is 0.401. The Morgan fingerprint density at radius 2 is 1.57 bits per heavy atom. The largest absolute Gasteiger partial charge is 0.454 e. The summed E-state index contributed by atoms with van der Waals surface area (Å²) < 4.78 is 82.9. The molecule has 124 valence electrons. The van der Waals surface area contributed by atoms with Gasteiger partial charge in [0.25, 0.3) is 5.78 Å². The molecule has 0 bridgehead atoms. The first-order valence-electron chi connectivity index (χ1n) is 5.88. The number of rotatable bonds is 9. The van der Waals surface area contributed by atoms with E-state index in [1.807, 2.05) is 0 Å². The Kier molecular flexibility index (Phi) is 8.33. The smallest absolute Gasteiger partial charge is 0.379 e. The lowest BCUT2D eigenvalue weighted by Crippen LogP contribution is -2.32. The van der Waals surface area contributed by atoms with Crippen molar-refractivity contribution in [3.8, 4) is 0 Å². The van der Waals surface area contributed by atoms with E-state index in [1.54, 1.807) is 12.2 Å². The van der Waals surface area contributed by atoms with Crippen LogP contribution in [0.4, 0.5) is 26.3 Å². The van der Waals surface area contributed by atoms with E-state index in [9.17, 15) is 31.1 Å². The summed E-state index contributed by atoms with van der Waals surface area (Å²) in [7, 11) is 0. The molecule has 0 amide bonds. The molecule has 10 heteroatoms. The third-order valence-corrected chi connectivity index (χ3v) is 2.00. The van der Waals surface area contributed by atoms with E-state index in [0.717, 1.165) is 0 Å². The lowest BCUT2D eigenvalue weighted by atomic mass is 10.3. The molecular weight excluding hydrogens is 308 g/mol. The van der Waals surface area contributed by atoms with Crippen LogP contribution in [0, 0.1) is 0 Å². The van der Waals surface area contributed by atoms with E-state index in [4.69, 9.17) is 9.47 Å². The SMILES string of the molecule is CCOCCOCCNC(=CC(=O)C(F)(F)F)C(F)(F)F. The zero-order chi connectivity index (χ0) is 16.5. The molecule has 1 N–H and O–H groups in total. The molecule has 0 saturated carbocycles. The minimum absolute atomic E-state index is 0.141. The van der Waals surface area contributed by atoms with Gasteiger partial charge < -0.3 is 14.8 Å². The van der Waals surface area contributed by atoms with Gasteiger partial charge in [0, 0.05) is 19.2 Å². The molecule has 0 aliphatic carbocycles. The van der Waals surface area contributed by atoms with E-state index in [2.05, 4.69) is 0 Å². The maximum atomic E-state index is 12.4. The zero-order valence-corrected chi connectivity index (χ0v) is 11.1. The molecule has 0 atom stereocenters. The van der Waals surface area contributed by atoms with Gasteiger partial charge in [-0.05, 0) is 6.92 Å². The molecule has 0 aliphatic heterocycles. The van der Waals surface area contributed by atoms with E-state index in [-0.39, 0.29) is 19.8 Å². The number of nitrogens with one attached hydrogen (secondary N) is 1. The molecule has 4 nitrogen and oxygen atoms in total. The van der Waals surface area contributed by atoms with Crippen LogP contribution in [0.1, 0.15) is 6.92 Å². The molecule has 21 heavy (non-hydrogen) atoms. The van der Waals surface area contributed by atoms with Gasteiger partial charge in [-0.3, -0.25) is 4.79 Å². The van der Waals surface area contributed by atoms with Gasteiger partial charge in [-0.25, -0.2) is 0 Å². The maximum Gasteiger partial charge on any atom is 0.454 e. The van der Waals surface area contributed by atoms with E-state index < -0.39 is 36.5 Å². The van der Waals surface area contributed by atoms with Gasteiger partial charge in [-0.1, -0.05) is 0 Å². The van der Waals surface area contributed by atoms with Crippen molar-refractivity contribution in [1.29, 1.82) is 0 Å². The molecule has 0 fully saturated rings. The number of alkyl halides is 6. The topological polar surface area (TPSA) is 47.6 Å². The normalized spacial score (nSPS) is 13.4. The van der Waals surface area contributed by atoms with Crippen molar-refractivity contribution in [2.75, 3.05) is 33.0 Å². The van der Waals surface area contributed by atoms with Crippen LogP contribution in [-0.4, -0.2) is 51.1 Å². The van der Waals surface area contributed by atoms with E-state index in [0.29, 0.717) is 6.61 Å². The molecule has 0 aromatic heterocycles. The summed E-state index contributed by atoms with van der Waals surface area (Å²) in [6.45, 7) is 2.03. The summed E-state index contributed by atoms with van der Waals surface area (Å²) in [5, 5.41) is 1.70. The van der Waals surface area contributed by atoms with Crippen LogP contribution in [0.2, 0.25) is 0 Å². The van der Waals surface area contributed by atoms with E-state index >= 15 is 0 Å². The predicted molar refractivity (Wildman–Crippen MR) is 60.5 cm³/mol. The molecule has 0 heterocycles. The fourth-order valence-corrected chi connectivity index (χ4v) is 1.07. The first kappa shape index (κ1) is 19.7. The van der Waals surface area contributed by atoms with Crippen molar-refractivity contribution < 1.29 is 40.6 Å². The highest BCUT2D eigenvalue weighted by molar-refractivity contribution is 5.95. The molecule has 0 aromatic rings. The highest BCUT2D eigenvalue weighted by Gasteiger charge is 2.41. The van der Waals surface area contributed by atoms with Crippen molar-refractivity contribution in [3.63, 3.8) is 0 Å². The van der Waals surface area contributed by atoms with Gasteiger partial charge in [-0.2, -0.15) is 26.3 Å². The second-order valence-electron chi connectivity index (χ2n) is 3.65. The number of carbonyl (C=O) groups excluding carboxylic acids is 1. The average molecular weight is 323 g/mol. The predicted octanol–water partition coefficient (Wildman–Crippen LogP) is 2.21. The van der Waals surface area contributed by atoms with Gasteiger partial charge in [0.1, 0.15) is 5.70 Å². The first-order chi connectivity index (χ1) is 9.59. The number of carbonyl (C=O) groups is 1. The van der Waals surface area contributed by atoms with Gasteiger partial charge in [0.2, 0.25) is 0 Å². The van der Waals surface area contributed by atoms with Gasteiger partial charge in [0.05, 0.1) is 19.8 Å². The Bertz CT molecular complexity index is 351. The minimum Gasteiger partial charge on any atom is -0.379 e. The molecule has 0 unspecified atom stereocenters. The summed E-state index contributed by atoms with van der Waals surface area (Å²) in [6, 6.07) is 0. The number of allylic oxidation sites excluding steroid dienone is 2. The maximum absolute atomic E-state index is 12.4. The van der Waals surface area contributed by atoms with Crippen molar-refractivity contribution in [1.82, 2.24) is 5.32 Å². The highest BCUT2D eigenvalue weighted by atomic mass is 19.4. The van der Waals surface area contributed by atoms with Crippen LogP contribution in [-0.2, 0) is 14.3 Å². The summed E-state index contributed by atoms with van der Waals surface area (Å²) in [5.41, 5.74) is -1.77. The van der Waals surface area contributed by atoms with Crippen LogP contribution in [0.5, 0.6) is 0 Å². The molecular formula is C11H15F6NO3. The van der Waals surface area contributed by atoms with Crippen LogP contribution in [0.3, 0.4) is 0 Å². The van der Waals surface area contributed by atoms with Gasteiger partial charge >= 0.3 is 12.4 Å². The number of hydrogen-bond acceptors (Lipinski definition) is 4. The van der Waals surface area contributed by atoms with Gasteiger partial charge in [0.15, 0.2) is 0 Å².